The van der Waals surface area contributed by atoms with E-state index in [0.717, 1.165) is 6.07 Å². The second kappa shape index (κ2) is 9.10. The molecule has 0 fully saturated rings. The molecule has 2 aromatic rings. The summed E-state index contributed by atoms with van der Waals surface area (Å²) in [6.45, 7) is 0.447. The number of hydrogen-bond acceptors (Lipinski definition) is 7. The number of esters is 1. The number of carbonyl (C=O) groups is 2. The monoisotopic (exact) mass is 484 g/mol. The molecule has 11 heteroatoms. The first-order valence-corrected chi connectivity index (χ1v) is 9.48. The van der Waals surface area contributed by atoms with Crippen molar-refractivity contribution >= 4 is 45.1 Å². The zero-order chi connectivity index (χ0) is 21.0. The second-order valence-electron chi connectivity index (χ2n) is 5.85. The molecule has 0 spiro atoms. The molecule has 1 amide bonds. The lowest BCUT2D eigenvalue weighted by Crippen LogP contribution is -2.30. The highest BCUT2D eigenvalue weighted by molar-refractivity contribution is 9.10. The summed E-state index contributed by atoms with van der Waals surface area (Å²) in [6, 6.07) is 7.04. The van der Waals surface area contributed by atoms with Crippen LogP contribution in [0.1, 0.15) is 15.9 Å². The fourth-order valence-electron chi connectivity index (χ4n) is 2.47. The zero-order valence-corrected chi connectivity index (χ0v) is 17.1. The molecule has 0 aliphatic carbocycles. The predicted octanol–water partition coefficient (Wildman–Crippen LogP) is 3.26. The topological polar surface area (TPSA) is 117 Å². The van der Waals surface area contributed by atoms with Crippen LogP contribution in [-0.4, -0.2) is 36.6 Å². The number of rotatable bonds is 6. The first-order chi connectivity index (χ1) is 13.8. The Morgan fingerprint density at radius 1 is 1.21 bits per heavy atom. The van der Waals surface area contributed by atoms with Gasteiger partial charge < -0.3 is 19.5 Å². The quantitative estimate of drug-likeness (QED) is 0.379. The number of nitro groups is 1. The van der Waals surface area contributed by atoms with Gasteiger partial charge in [0, 0.05) is 21.7 Å². The average Bonchev–Trinajstić information content (AvgIpc) is 2.70. The molecule has 0 aromatic heterocycles. The van der Waals surface area contributed by atoms with E-state index >= 15 is 0 Å². The Bertz CT molecular complexity index is 983. The molecule has 1 aliphatic heterocycles. The number of nitro benzene ring substituents is 1. The smallest absolute Gasteiger partial charge is 0.325 e. The minimum absolute atomic E-state index is 0.00322. The van der Waals surface area contributed by atoms with E-state index in [2.05, 4.69) is 21.2 Å². The standard InChI is InChI=1S/C18H14BrClN2O7/c19-12-7-16-15(27-3-4-28-16)6-11(12)9-29-17(23)8-21-18(24)10-1-2-13(20)14(5-10)22(25)26/h1-2,5-7H,3-4,8-9H2,(H,21,24). The number of amides is 1. The van der Waals surface area contributed by atoms with Gasteiger partial charge in [0.15, 0.2) is 11.5 Å². The molecule has 0 saturated carbocycles. The number of carbonyl (C=O) groups excluding carboxylic acids is 2. The van der Waals surface area contributed by atoms with Gasteiger partial charge >= 0.3 is 5.97 Å². The van der Waals surface area contributed by atoms with Gasteiger partial charge in [-0.15, -0.1) is 0 Å². The summed E-state index contributed by atoms with van der Waals surface area (Å²) in [4.78, 5) is 34.2. The Hall–Kier alpha value is -2.85. The third-order valence-electron chi connectivity index (χ3n) is 3.90. The van der Waals surface area contributed by atoms with Gasteiger partial charge in [0.1, 0.15) is 31.4 Å². The number of nitrogens with one attached hydrogen (secondary N) is 1. The van der Waals surface area contributed by atoms with Gasteiger partial charge in [0.05, 0.1) is 4.92 Å². The summed E-state index contributed by atoms with van der Waals surface area (Å²) < 4.78 is 16.8. The molecule has 0 radical (unpaired) electrons. The van der Waals surface area contributed by atoms with Gasteiger partial charge in [0.2, 0.25) is 0 Å². The van der Waals surface area contributed by atoms with Gasteiger partial charge in [0.25, 0.3) is 11.6 Å². The number of halogens is 2. The van der Waals surface area contributed by atoms with Crippen LogP contribution < -0.4 is 14.8 Å². The van der Waals surface area contributed by atoms with Crippen molar-refractivity contribution in [2.24, 2.45) is 0 Å². The highest BCUT2D eigenvalue weighted by Crippen LogP contribution is 2.35. The second-order valence-corrected chi connectivity index (χ2v) is 7.12. The molecule has 0 unspecified atom stereocenters. The first kappa shape index (κ1) is 20.9. The van der Waals surface area contributed by atoms with E-state index in [1.807, 2.05) is 0 Å². The molecule has 9 nitrogen and oxygen atoms in total. The highest BCUT2D eigenvalue weighted by atomic mass is 79.9. The van der Waals surface area contributed by atoms with Crippen LogP contribution in [-0.2, 0) is 16.1 Å². The number of hydrogen-bond donors (Lipinski definition) is 1. The molecule has 29 heavy (non-hydrogen) atoms. The summed E-state index contributed by atoms with van der Waals surface area (Å²) in [7, 11) is 0. The van der Waals surface area contributed by atoms with Crippen molar-refractivity contribution in [3.05, 3.63) is 61.1 Å². The van der Waals surface area contributed by atoms with Gasteiger partial charge in [-0.25, -0.2) is 0 Å². The number of ether oxygens (including phenoxy) is 3. The Labute approximate surface area is 178 Å². The predicted molar refractivity (Wildman–Crippen MR) is 105 cm³/mol. The fraction of sp³-hybridized carbons (Fsp3) is 0.222. The van der Waals surface area contributed by atoms with Crippen molar-refractivity contribution in [2.75, 3.05) is 19.8 Å². The molecule has 0 bridgehead atoms. The van der Waals surface area contributed by atoms with Crippen LogP contribution in [0.2, 0.25) is 5.02 Å². The maximum absolute atomic E-state index is 12.1. The Kier molecular flexibility index (Phi) is 6.55. The normalized spacial score (nSPS) is 12.2. The lowest BCUT2D eigenvalue weighted by Gasteiger charge is -2.19. The van der Waals surface area contributed by atoms with Crippen molar-refractivity contribution in [2.45, 2.75) is 6.61 Å². The van der Waals surface area contributed by atoms with E-state index < -0.39 is 29.0 Å². The largest absolute Gasteiger partial charge is 0.486 e. The van der Waals surface area contributed by atoms with Crippen LogP contribution in [0.5, 0.6) is 11.5 Å². The molecular formula is C18H14BrClN2O7. The van der Waals surface area contributed by atoms with Gasteiger partial charge in [-0.05, 0) is 24.3 Å². The summed E-state index contributed by atoms with van der Waals surface area (Å²) in [5, 5.41) is 13.2. The van der Waals surface area contributed by atoms with Crippen LogP contribution in [0.25, 0.3) is 0 Å². The molecule has 1 N–H and O–H groups in total. The van der Waals surface area contributed by atoms with Crippen LogP contribution in [0.15, 0.2) is 34.8 Å². The lowest BCUT2D eigenvalue weighted by atomic mass is 10.2. The molecule has 1 heterocycles. The van der Waals surface area contributed by atoms with Crippen LogP contribution in [0.4, 0.5) is 5.69 Å². The SMILES string of the molecule is O=C(CNC(=O)c1ccc(Cl)c([N+](=O)[O-])c1)OCc1cc2c(cc1Br)OCCO2. The summed E-state index contributed by atoms with van der Waals surface area (Å²) >= 11 is 9.09. The fourth-order valence-corrected chi connectivity index (χ4v) is 3.10. The minimum atomic E-state index is -0.696. The maximum Gasteiger partial charge on any atom is 0.325 e. The van der Waals surface area contributed by atoms with E-state index in [9.17, 15) is 19.7 Å². The van der Waals surface area contributed by atoms with E-state index in [1.54, 1.807) is 12.1 Å². The third kappa shape index (κ3) is 5.15. The third-order valence-corrected chi connectivity index (χ3v) is 4.96. The van der Waals surface area contributed by atoms with Gasteiger partial charge in [-0.2, -0.15) is 0 Å². The van der Waals surface area contributed by atoms with Crippen molar-refractivity contribution in [3.63, 3.8) is 0 Å². The maximum atomic E-state index is 12.1. The van der Waals surface area contributed by atoms with E-state index in [4.69, 9.17) is 25.8 Å². The van der Waals surface area contributed by atoms with Crippen LogP contribution in [0.3, 0.4) is 0 Å². The molecule has 1 aliphatic rings. The summed E-state index contributed by atoms with van der Waals surface area (Å²) in [6.07, 6.45) is 0. The molecule has 3 rings (SSSR count). The molecule has 0 atom stereocenters. The van der Waals surface area contributed by atoms with Gasteiger partial charge in [-0.3, -0.25) is 19.7 Å². The minimum Gasteiger partial charge on any atom is -0.486 e. The molecular weight excluding hydrogens is 472 g/mol. The number of benzene rings is 2. The van der Waals surface area contributed by atoms with Crippen LogP contribution in [0, 0.1) is 10.1 Å². The van der Waals surface area contributed by atoms with E-state index in [-0.39, 0.29) is 17.2 Å². The molecule has 2 aromatic carbocycles. The summed E-state index contributed by atoms with van der Waals surface area (Å²) in [5.41, 5.74) is 0.274. The molecule has 0 saturated heterocycles. The molecule has 152 valence electrons. The van der Waals surface area contributed by atoms with Gasteiger partial charge in [-0.1, -0.05) is 27.5 Å². The van der Waals surface area contributed by atoms with Crippen molar-refractivity contribution in [1.82, 2.24) is 5.32 Å². The average molecular weight is 486 g/mol. The summed E-state index contributed by atoms with van der Waals surface area (Å²) in [5.74, 6) is -0.184. The van der Waals surface area contributed by atoms with Crippen molar-refractivity contribution in [3.8, 4) is 11.5 Å². The number of fused-ring (bicyclic) bond motifs is 1. The van der Waals surface area contributed by atoms with E-state index in [0.29, 0.717) is 34.7 Å². The Balaban J connectivity index is 1.55. The first-order valence-electron chi connectivity index (χ1n) is 8.31. The number of nitrogens with zero attached hydrogens (tertiary/aromatic N) is 1. The van der Waals surface area contributed by atoms with E-state index in [1.165, 1.54) is 12.1 Å². The Morgan fingerprint density at radius 3 is 2.59 bits per heavy atom. The zero-order valence-electron chi connectivity index (χ0n) is 14.8. The lowest BCUT2D eigenvalue weighted by molar-refractivity contribution is -0.384. The van der Waals surface area contributed by atoms with Crippen molar-refractivity contribution < 1.29 is 28.7 Å². The van der Waals surface area contributed by atoms with Crippen LogP contribution >= 0.6 is 27.5 Å². The highest BCUT2D eigenvalue weighted by Gasteiger charge is 2.18. The Morgan fingerprint density at radius 2 is 1.90 bits per heavy atom. The van der Waals surface area contributed by atoms with Crippen molar-refractivity contribution in [1.29, 1.82) is 0 Å².